The van der Waals surface area contributed by atoms with E-state index in [4.69, 9.17) is 0 Å². The Morgan fingerprint density at radius 2 is 2.23 bits per heavy atom. The summed E-state index contributed by atoms with van der Waals surface area (Å²) >= 11 is 0. The minimum atomic E-state index is 0.209. The molecule has 0 aromatic heterocycles. The van der Waals surface area contributed by atoms with Crippen molar-refractivity contribution in [2.75, 3.05) is 13.1 Å². The van der Waals surface area contributed by atoms with Gasteiger partial charge in [0.2, 0.25) is 5.91 Å². The monoisotopic (exact) mass is 184 g/mol. The van der Waals surface area contributed by atoms with E-state index in [1.54, 1.807) is 0 Å². The molecule has 1 atom stereocenters. The van der Waals surface area contributed by atoms with Gasteiger partial charge in [-0.1, -0.05) is 13.8 Å². The van der Waals surface area contributed by atoms with E-state index < -0.39 is 0 Å². The Morgan fingerprint density at radius 3 is 2.69 bits per heavy atom. The molecule has 3 heteroatoms. The average Bonchev–Trinajstić information content (AvgIpc) is 2.66. The number of hydrogen-bond acceptors (Lipinski definition) is 2. The second-order valence-corrected chi connectivity index (χ2v) is 3.71. The molecule has 0 radical (unpaired) electrons. The molecule has 1 fully saturated rings. The van der Waals surface area contributed by atoms with E-state index in [1.165, 1.54) is 0 Å². The van der Waals surface area contributed by atoms with Crippen molar-refractivity contribution >= 4 is 5.91 Å². The fraction of sp³-hybridized carbons (Fsp3) is 0.900. The van der Waals surface area contributed by atoms with Gasteiger partial charge in [0.05, 0.1) is 5.92 Å². The molecule has 0 aromatic rings. The first kappa shape index (κ1) is 10.5. The molecule has 0 bridgehead atoms. The molecule has 1 saturated heterocycles. The average molecular weight is 184 g/mol. The van der Waals surface area contributed by atoms with Crippen molar-refractivity contribution in [3.63, 3.8) is 0 Å². The van der Waals surface area contributed by atoms with Crippen molar-refractivity contribution in [2.45, 2.75) is 39.2 Å². The maximum atomic E-state index is 11.6. The van der Waals surface area contributed by atoms with Gasteiger partial charge in [-0.3, -0.25) is 4.79 Å². The number of carbonyl (C=O) groups excluding carboxylic acids is 1. The first-order chi connectivity index (χ1) is 6.27. The summed E-state index contributed by atoms with van der Waals surface area (Å²) in [7, 11) is 0. The van der Waals surface area contributed by atoms with Crippen LogP contribution in [0.4, 0.5) is 0 Å². The summed E-state index contributed by atoms with van der Waals surface area (Å²) in [5, 5.41) is 6.28. The van der Waals surface area contributed by atoms with Crippen LogP contribution >= 0.6 is 0 Å². The maximum Gasteiger partial charge on any atom is 0.224 e. The highest BCUT2D eigenvalue weighted by Gasteiger charge is 2.23. The predicted octanol–water partition coefficient (Wildman–Crippen LogP) is 0.901. The molecule has 0 aliphatic carbocycles. The summed E-state index contributed by atoms with van der Waals surface area (Å²) in [5.74, 6) is 0.444. The Morgan fingerprint density at radius 1 is 1.54 bits per heavy atom. The van der Waals surface area contributed by atoms with Crippen LogP contribution in [0.5, 0.6) is 0 Å². The zero-order valence-electron chi connectivity index (χ0n) is 8.60. The maximum absolute atomic E-state index is 11.6. The highest BCUT2D eigenvalue weighted by atomic mass is 16.2. The van der Waals surface area contributed by atoms with Crippen LogP contribution in [0.2, 0.25) is 0 Å². The van der Waals surface area contributed by atoms with Crippen molar-refractivity contribution in [2.24, 2.45) is 5.92 Å². The van der Waals surface area contributed by atoms with E-state index in [0.717, 1.165) is 32.4 Å². The fourth-order valence-corrected chi connectivity index (χ4v) is 1.69. The van der Waals surface area contributed by atoms with Crippen molar-refractivity contribution < 1.29 is 4.79 Å². The lowest BCUT2D eigenvalue weighted by atomic mass is 10.1. The summed E-state index contributed by atoms with van der Waals surface area (Å²) in [6.07, 6.45) is 3.05. The van der Waals surface area contributed by atoms with Gasteiger partial charge in [0, 0.05) is 12.6 Å². The number of carbonyl (C=O) groups is 1. The summed E-state index contributed by atoms with van der Waals surface area (Å²) in [5.41, 5.74) is 0. The molecule has 1 aliphatic heterocycles. The topological polar surface area (TPSA) is 41.1 Å². The highest BCUT2D eigenvalue weighted by molar-refractivity contribution is 5.79. The largest absolute Gasteiger partial charge is 0.353 e. The Labute approximate surface area is 80.3 Å². The number of hydrogen-bond donors (Lipinski definition) is 2. The van der Waals surface area contributed by atoms with Gasteiger partial charge in [-0.15, -0.1) is 0 Å². The van der Waals surface area contributed by atoms with E-state index in [1.807, 2.05) is 0 Å². The summed E-state index contributed by atoms with van der Waals surface area (Å²) < 4.78 is 0. The molecule has 1 rings (SSSR count). The standard InChI is InChI=1S/C10H20N2O/c1-3-9(4-2)12-10(13)8-5-6-11-7-8/h8-9,11H,3-7H2,1-2H3,(H,12,13)/t8-/m0/s1. The zero-order chi connectivity index (χ0) is 9.68. The normalized spacial score (nSPS) is 22.2. The Hall–Kier alpha value is -0.570. The lowest BCUT2D eigenvalue weighted by molar-refractivity contribution is -0.125. The van der Waals surface area contributed by atoms with Gasteiger partial charge in [0.15, 0.2) is 0 Å². The predicted molar refractivity (Wildman–Crippen MR) is 53.5 cm³/mol. The molecule has 1 amide bonds. The second kappa shape index (κ2) is 5.22. The summed E-state index contributed by atoms with van der Waals surface area (Å²) in [6, 6.07) is 0.369. The lowest BCUT2D eigenvalue weighted by Gasteiger charge is -2.17. The smallest absolute Gasteiger partial charge is 0.224 e. The van der Waals surface area contributed by atoms with Gasteiger partial charge >= 0.3 is 0 Å². The van der Waals surface area contributed by atoms with Gasteiger partial charge in [0.25, 0.3) is 0 Å². The highest BCUT2D eigenvalue weighted by Crippen LogP contribution is 2.08. The molecule has 0 aromatic carbocycles. The first-order valence-electron chi connectivity index (χ1n) is 5.29. The van der Waals surface area contributed by atoms with Gasteiger partial charge in [-0.05, 0) is 25.8 Å². The van der Waals surface area contributed by atoms with Crippen molar-refractivity contribution in [1.82, 2.24) is 10.6 Å². The van der Waals surface area contributed by atoms with Crippen LogP contribution in [0, 0.1) is 5.92 Å². The minimum absolute atomic E-state index is 0.209. The molecule has 0 unspecified atom stereocenters. The third-order valence-corrected chi connectivity index (χ3v) is 2.76. The summed E-state index contributed by atoms with van der Waals surface area (Å²) in [6.45, 7) is 6.07. The second-order valence-electron chi connectivity index (χ2n) is 3.71. The van der Waals surface area contributed by atoms with Crippen molar-refractivity contribution in [1.29, 1.82) is 0 Å². The molecule has 1 heterocycles. The molecule has 13 heavy (non-hydrogen) atoms. The van der Waals surface area contributed by atoms with Crippen LogP contribution in [-0.2, 0) is 4.79 Å². The molecule has 0 spiro atoms. The van der Waals surface area contributed by atoms with Crippen LogP contribution in [0.25, 0.3) is 0 Å². The Kier molecular flexibility index (Phi) is 4.22. The number of amides is 1. The minimum Gasteiger partial charge on any atom is -0.353 e. The van der Waals surface area contributed by atoms with Crippen LogP contribution in [-0.4, -0.2) is 25.0 Å². The zero-order valence-corrected chi connectivity index (χ0v) is 8.60. The van der Waals surface area contributed by atoms with Crippen LogP contribution in [0.1, 0.15) is 33.1 Å². The van der Waals surface area contributed by atoms with Crippen LogP contribution in [0.15, 0.2) is 0 Å². The molecule has 76 valence electrons. The van der Waals surface area contributed by atoms with E-state index >= 15 is 0 Å². The molecule has 1 aliphatic rings. The number of nitrogens with one attached hydrogen (secondary N) is 2. The van der Waals surface area contributed by atoms with Gasteiger partial charge in [-0.25, -0.2) is 0 Å². The van der Waals surface area contributed by atoms with E-state index in [2.05, 4.69) is 24.5 Å². The molecule has 2 N–H and O–H groups in total. The van der Waals surface area contributed by atoms with Gasteiger partial charge < -0.3 is 10.6 Å². The van der Waals surface area contributed by atoms with E-state index in [9.17, 15) is 4.79 Å². The molecular weight excluding hydrogens is 164 g/mol. The Bertz CT molecular complexity index is 160. The molecule has 0 saturated carbocycles. The van der Waals surface area contributed by atoms with Crippen LogP contribution < -0.4 is 10.6 Å². The van der Waals surface area contributed by atoms with Crippen molar-refractivity contribution in [3.05, 3.63) is 0 Å². The summed E-state index contributed by atoms with van der Waals surface area (Å²) in [4.78, 5) is 11.6. The SMILES string of the molecule is CCC(CC)NC(=O)[C@H]1CCNC1. The van der Waals surface area contributed by atoms with Crippen LogP contribution in [0.3, 0.4) is 0 Å². The Balaban J connectivity index is 2.30. The third kappa shape index (κ3) is 2.99. The molecule has 3 nitrogen and oxygen atoms in total. The quantitative estimate of drug-likeness (QED) is 0.681. The van der Waals surface area contributed by atoms with E-state index in [0.29, 0.717) is 6.04 Å². The van der Waals surface area contributed by atoms with Gasteiger partial charge in [0.1, 0.15) is 0 Å². The fourth-order valence-electron chi connectivity index (χ4n) is 1.69. The van der Waals surface area contributed by atoms with E-state index in [-0.39, 0.29) is 11.8 Å². The number of rotatable bonds is 4. The van der Waals surface area contributed by atoms with Crippen molar-refractivity contribution in [3.8, 4) is 0 Å². The first-order valence-corrected chi connectivity index (χ1v) is 5.29. The molecular formula is C10H20N2O. The lowest BCUT2D eigenvalue weighted by Crippen LogP contribution is -2.38. The van der Waals surface area contributed by atoms with Gasteiger partial charge in [-0.2, -0.15) is 0 Å². The third-order valence-electron chi connectivity index (χ3n) is 2.76.